The number of carbonyl (C=O) groups is 1. The maximum atomic E-state index is 12.4. The number of urea groups is 1. The molecule has 0 saturated heterocycles. The topological polar surface area (TPSA) is 88.1 Å². The minimum Gasteiger partial charge on any atom is -0.433 e. The number of benzene rings is 1. The molecule has 0 saturated carbocycles. The number of rotatable bonds is 4. The largest absolute Gasteiger partial charge is 0.433 e. The van der Waals surface area contributed by atoms with E-state index in [9.17, 15) is 22.0 Å². The van der Waals surface area contributed by atoms with Gasteiger partial charge < -0.3 is 4.74 Å². The predicted octanol–water partition coefficient (Wildman–Crippen LogP) is 2.16. The highest BCUT2D eigenvalue weighted by Crippen LogP contribution is 2.27. The third-order valence-corrected chi connectivity index (χ3v) is 4.49. The van der Waals surface area contributed by atoms with Crippen LogP contribution in [-0.2, 0) is 10.0 Å². The molecule has 10 heteroatoms. The first-order chi connectivity index (χ1) is 10.6. The molecule has 0 bridgehead atoms. The van der Waals surface area contributed by atoms with Crippen LogP contribution in [0.4, 0.5) is 13.6 Å². The molecule has 1 heterocycles. The Bertz CT molecular complexity index is 734. The van der Waals surface area contributed by atoms with Crippen LogP contribution in [0.1, 0.15) is 20.3 Å². The zero-order valence-electron chi connectivity index (χ0n) is 12.4. The van der Waals surface area contributed by atoms with Gasteiger partial charge in [0, 0.05) is 12.6 Å². The highest BCUT2D eigenvalue weighted by Gasteiger charge is 2.36. The number of carbonyl (C=O) groups excluding carboxylic acids is 1. The Labute approximate surface area is 132 Å². The molecule has 0 radical (unpaired) electrons. The Morgan fingerprint density at radius 2 is 2.04 bits per heavy atom. The van der Waals surface area contributed by atoms with Crippen molar-refractivity contribution < 1.29 is 26.7 Å². The van der Waals surface area contributed by atoms with Gasteiger partial charge in [0.1, 0.15) is 10.6 Å². The maximum Gasteiger partial charge on any atom is 0.387 e. The zero-order valence-corrected chi connectivity index (χ0v) is 13.2. The van der Waals surface area contributed by atoms with Gasteiger partial charge in [-0.3, -0.25) is 0 Å². The van der Waals surface area contributed by atoms with Crippen LogP contribution in [0.3, 0.4) is 0 Å². The Morgan fingerprint density at radius 3 is 2.61 bits per heavy atom. The third kappa shape index (κ3) is 3.76. The summed E-state index contributed by atoms with van der Waals surface area (Å²) in [5.41, 5.74) is -0.682. The van der Waals surface area contributed by atoms with Gasteiger partial charge in [-0.2, -0.15) is 13.9 Å². The van der Waals surface area contributed by atoms with Crippen LogP contribution >= 0.6 is 0 Å². The molecule has 2 amide bonds. The van der Waals surface area contributed by atoms with E-state index in [-0.39, 0.29) is 0 Å². The van der Waals surface area contributed by atoms with Crippen LogP contribution in [0.25, 0.3) is 0 Å². The lowest BCUT2D eigenvalue weighted by molar-refractivity contribution is -0.0517. The number of nitrogens with one attached hydrogen (secondary N) is 1. The maximum absolute atomic E-state index is 12.4. The number of halogens is 2. The van der Waals surface area contributed by atoms with Gasteiger partial charge in [-0.15, -0.1) is 0 Å². The number of sulfonamides is 1. The van der Waals surface area contributed by atoms with Crippen molar-refractivity contribution in [1.29, 1.82) is 0 Å². The van der Waals surface area contributed by atoms with E-state index >= 15 is 0 Å². The minimum absolute atomic E-state index is 0.464. The van der Waals surface area contributed by atoms with Crippen molar-refractivity contribution in [2.75, 3.05) is 0 Å². The predicted molar refractivity (Wildman–Crippen MR) is 77.8 cm³/mol. The molecule has 0 aromatic heterocycles. The quantitative estimate of drug-likeness (QED) is 0.904. The number of alkyl halides is 2. The van der Waals surface area contributed by atoms with Crippen molar-refractivity contribution >= 4 is 22.3 Å². The van der Waals surface area contributed by atoms with E-state index in [1.54, 1.807) is 18.6 Å². The lowest BCUT2D eigenvalue weighted by atomic mass is 10.0. The van der Waals surface area contributed by atoms with Crippen molar-refractivity contribution in [2.24, 2.45) is 5.10 Å². The van der Waals surface area contributed by atoms with Crippen LogP contribution in [0, 0.1) is 0 Å². The van der Waals surface area contributed by atoms with Crippen LogP contribution in [-0.4, -0.2) is 37.8 Å². The molecule has 1 N–H and O–H groups in total. The highest BCUT2D eigenvalue weighted by molar-refractivity contribution is 7.90. The molecule has 0 aliphatic carbocycles. The van der Waals surface area contributed by atoms with Gasteiger partial charge in [0.05, 0.1) is 5.54 Å². The van der Waals surface area contributed by atoms with Crippen molar-refractivity contribution in [2.45, 2.75) is 37.3 Å². The van der Waals surface area contributed by atoms with Crippen molar-refractivity contribution in [3.05, 3.63) is 24.3 Å². The van der Waals surface area contributed by atoms with E-state index < -0.39 is 38.8 Å². The molecule has 0 unspecified atom stereocenters. The molecule has 1 aliphatic heterocycles. The second kappa shape index (κ2) is 6.11. The molecular weight excluding hydrogens is 332 g/mol. The normalized spacial score (nSPS) is 16.7. The van der Waals surface area contributed by atoms with Crippen LogP contribution in [0.15, 0.2) is 34.3 Å². The molecule has 0 spiro atoms. The molecule has 1 aromatic carbocycles. The van der Waals surface area contributed by atoms with E-state index in [4.69, 9.17) is 0 Å². The summed E-state index contributed by atoms with van der Waals surface area (Å²) in [5.74, 6) is -0.549. The summed E-state index contributed by atoms with van der Waals surface area (Å²) in [4.78, 5) is 11.6. The Kier molecular flexibility index (Phi) is 4.55. The van der Waals surface area contributed by atoms with Crippen molar-refractivity contribution in [3.8, 4) is 5.75 Å². The van der Waals surface area contributed by atoms with Gasteiger partial charge >= 0.3 is 12.6 Å². The average molecular weight is 347 g/mol. The third-order valence-electron chi connectivity index (χ3n) is 3.13. The number of hydrogen-bond acceptors (Lipinski definition) is 5. The fourth-order valence-corrected chi connectivity index (χ4v) is 3.06. The first-order valence-corrected chi connectivity index (χ1v) is 8.05. The summed E-state index contributed by atoms with van der Waals surface area (Å²) < 4.78 is 55.3. The molecule has 1 aromatic rings. The van der Waals surface area contributed by atoms with Gasteiger partial charge in [0.2, 0.25) is 0 Å². The van der Waals surface area contributed by atoms with Gasteiger partial charge in [-0.05, 0) is 26.0 Å². The lowest BCUT2D eigenvalue weighted by Crippen LogP contribution is -2.47. The van der Waals surface area contributed by atoms with E-state index in [1.165, 1.54) is 18.3 Å². The van der Waals surface area contributed by atoms with E-state index in [0.717, 1.165) is 17.1 Å². The fraction of sp³-hybridized carbons (Fsp3) is 0.385. The summed E-state index contributed by atoms with van der Waals surface area (Å²) in [6, 6.07) is 3.83. The Morgan fingerprint density at radius 1 is 1.39 bits per heavy atom. The lowest BCUT2D eigenvalue weighted by Gasteiger charge is -2.28. The number of nitrogens with zero attached hydrogens (tertiary/aromatic N) is 2. The van der Waals surface area contributed by atoms with Crippen molar-refractivity contribution in [1.82, 2.24) is 9.73 Å². The summed E-state index contributed by atoms with van der Waals surface area (Å²) in [7, 11) is -4.40. The number of para-hydroxylation sites is 1. The smallest absolute Gasteiger partial charge is 0.387 e. The summed E-state index contributed by atoms with van der Waals surface area (Å²) in [5, 5.41) is 4.80. The first kappa shape index (κ1) is 17.1. The average Bonchev–Trinajstić information content (AvgIpc) is 2.77. The fourth-order valence-electron chi connectivity index (χ4n) is 1.99. The van der Waals surface area contributed by atoms with Crippen LogP contribution in [0.2, 0.25) is 0 Å². The Hall–Kier alpha value is -2.23. The van der Waals surface area contributed by atoms with Crippen molar-refractivity contribution in [3.63, 3.8) is 0 Å². The monoisotopic (exact) mass is 347 g/mol. The SMILES string of the molecule is CC1(C)CC=NN1C(=O)NS(=O)(=O)c1ccccc1OC(F)F. The van der Waals surface area contributed by atoms with Crippen LogP contribution in [0.5, 0.6) is 5.75 Å². The Balaban J connectivity index is 2.26. The van der Waals surface area contributed by atoms with Crippen LogP contribution < -0.4 is 9.46 Å². The second-order valence-corrected chi connectivity index (χ2v) is 7.01. The van der Waals surface area contributed by atoms with Gasteiger partial charge in [-0.1, -0.05) is 12.1 Å². The summed E-state index contributed by atoms with van der Waals surface area (Å²) in [6.07, 6.45) is 1.95. The van der Waals surface area contributed by atoms with E-state index in [2.05, 4.69) is 9.84 Å². The van der Waals surface area contributed by atoms with Gasteiger partial charge in [0.15, 0.2) is 0 Å². The molecule has 0 atom stereocenters. The second-order valence-electron chi connectivity index (χ2n) is 5.36. The van der Waals surface area contributed by atoms with Gasteiger partial charge in [-0.25, -0.2) is 22.9 Å². The molecule has 7 nitrogen and oxygen atoms in total. The van der Waals surface area contributed by atoms with E-state index in [1.807, 2.05) is 0 Å². The van der Waals surface area contributed by atoms with E-state index in [0.29, 0.717) is 6.42 Å². The number of hydrazone groups is 1. The molecule has 0 fully saturated rings. The molecule has 1 aliphatic rings. The summed E-state index contributed by atoms with van der Waals surface area (Å²) in [6.45, 7) is 0.226. The first-order valence-electron chi connectivity index (χ1n) is 6.57. The number of ether oxygens (including phenoxy) is 1. The minimum atomic E-state index is -4.40. The summed E-state index contributed by atoms with van der Waals surface area (Å²) >= 11 is 0. The molecule has 126 valence electrons. The number of hydrogen-bond donors (Lipinski definition) is 1. The molecule has 23 heavy (non-hydrogen) atoms. The highest BCUT2D eigenvalue weighted by atomic mass is 32.2. The number of amides is 2. The zero-order chi connectivity index (χ0) is 17.3. The molecule has 2 rings (SSSR count). The molecular formula is C13H15F2N3O4S. The standard InChI is InChI=1S/C13H15F2N3O4S/c1-13(2)7-8-16-18(13)12(19)17-23(20,21)10-6-4-3-5-9(10)22-11(14)15/h3-6,8,11H,7H2,1-2H3,(H,17,19). The van der Waals surface area contributed by atoms with Gasteiger partial charge in [0.25, 0.3) is 10.0 Å².